The van der Waals surface area contributed by atoms with E-state index < -0.39 is 11.5 Å². The maximum absolute atomic E-state index is 12.9. The normalized spacial score (nSPS) is 15.6. The Balaban J connectivity index is 1.92. The fraction of sp³-hybridized carbons (Fsp3) is 0.333. The quantitative estimate of drug-likeness (QED) is 0.645. The second-order valence-electron chi connectivity index (χ2n) is 8.56. The van der Waals surface area contributed by atoms with Gasteiger partial charge in [-0.3, -0.25) is 14.4 Å². The van der Waals surface area contributed by atoms with Crippen molar-refractivity contribution in [1.29, 1.82) is 0 Å². The van der Waals surface area contributed by atoms with E-state index in [4.69, 9.17) is 9.73 Å². The number of benzene rings is 2. The van der Waals surface area contributed by atoms with Crippen molar-refractivity contribution in [2.75, 3.05) is 7.11 Å². The molecule has 2 aromatic carbocycles. The molecule has 0 spiro atoms. The summed E-state index contributed by atoms with van der Waals surface area (Å²) in [6, 6.07) is 15.5. The largest absolute Gasteiger partial charge is 0.497 e. The number of carbonyl (C=O) groups is 1. The monoisotopic (exact) mass is 402 g/mol. The van der Waals surface area contributed by atoms with Crippen molar-refractivity contribution < 1.29 is 9.53 Å². The molecule has 0 amide bonds. The summed E-state index contributed by atoms with van der Waals surface area (Å²) < 4.78 is 7.33. The molecule has 1 aliphatic heterocycles. The number of ketones is 1. The summed E-state index contributed by atoms with van der Waals surface area (Å²) in [6.45, 7) is 7.73. The molecule has 0 fully saturated rings. The second kappa shape index (κ2) is 7.52. The van der Waals surface area contributed by atoms with Crippen LogP contribution in [0.25, 0.3) is 5.69 Å². The molecule has 0 saturated heterocycles. The molecule has 2 heterocycles. The van der Waals surface area contributed by atoms with E-state index in [-0.39, 0.29) is 12.2 Å². The maximum atomic E-state index is 12.9. The van der Waals surface area contributed by atoms with E-state index in [1.54, 1.807) is 7.11 Å². The van der Waals surface area contributed by atoms with Crippen molar-refractivity contribution in [3.63, 3.8) is 0 Å². The summed E-state index contributed by atoms with van der Waals surface area (Å²) in [5.41, 5.74) is 3.31. The molecule has 1 aromatic heterocycles. The number of carbonyl (C=O) groups excluding carboxylic acids is 1. The van der Waals surface area contributed by atoms with E-state index in [1.165, 1.54) is 0 Å². The highest BCUT2D eigenvalue weighted by Crippen LogP contribution is 2.34. The van der Waals surface area contributed by atoms with E-state index in [0.29, 0.717) is 5.82 Å². The molecule has 6 heteroatoms. The molecule has 3 aromatic rings. The fourth-order valence-electron chi connectivity index (χ4n) is 3.64. The van der Waals surface area contributed by atoms with Gasteiger partial charge in [-0.2, -0.15) is 0 Å². The number of hydrogen-bond acceptors (Lipinski definition) is 5. The molecule has 30 heavy (non-hydrogen) atoms. The predicted molar refractivity (Wildman–Crippen MR) is 117 cm³/mol. The minimum atomic E-state index is -0.450. The Bertz CT molecular complexity index is 1120. The number of rotatable bonds is 4. The van der Waals surface area contributed by atoms with Crippen LogP contribution in [-0.4, -0.2) is 33.4 Å². The van der Waals surface area contributed by atoms with Gasteiger partial charge in [-0.15, -0.1) is 10.2 Å². The van der Waals surface area contributed by atoms with Crippen LogP contribution in [-0.2, 0) is 4.79 Å². The van der Waals surface area contributed by atoms with E-state index in [1.807, 2.05) is 74.7 Å². The number of nitrogens with zero attached hydrogens (tertiary/aromatic N) is 4. The molecule has 1 aliphatic rings. The molecule has 0 bridgehead atoms. The van der Waals surface area contributed by atoms with Gasteiger partial charge in [0, 0.05) is 23.0 Å². The van der Waals surface area contributed by atoms with Gasteiger partial charge >= 0.3 is 0 Å². The average molecular weight is 402 g/mol. The van der Waals surface area contributed by atoms with Crippen LogP contribution >= 0.6 is 0 Å². The number of aryl methyl sites for hydroxylation is 1. The zero-order chi connectivity index (χ0) is 21.5. The van der Waals surface area contributed by atoms with Crippen LogP contribution in [0, 0.1) is 12.3 Å². The van der Waals surface area contributed by atoms with Gasteiger partial charge in [-0.1, -0.05) is 39.0 Å². The van der Waals surface area contributed by atoms with E-state index in [0.717, 1.165) is 34.1 Å². The van der Waals surface area contributed by atoms with Crippen LogP contribution in [0.2, 0.25) is 0 Å². The lowest BCUT2D eigenvalue weighted by Gasteiger charge is -2.19. The minimum absolute atomic E-state index is 0.142. The number of aliphatic imine (C=N–C) groups is 1. The van der Waals surface area contributed by atoms with Crippen molar-refractivity contribution in [3.05, 3.63) is 71.3 Å². The highest BCUT2D eigenvalue weighted by molar-refractivity contribution is 6.15. The van der Waals surface area contributed by atoms with Crippen molar-refractivity contribution in [3.8, 4) is 11.4 Å². The number of fused-ring (bicyclic) bond motifs is 3. The Morgan fingerprint density at radius 3 is 2.43 bits per heavy atom. The number of aromatic nitrogens is 3. The van der Waals surface area contributed by atoms with Gasteiger partial charge < -0.3 is 4.74 Å². The Hall–Kier alpha value is -3.28. The topological polar surface area (TPSA) is 69.4 Å². The van der Waals surface area contributed by atoms with Crippen molar-refractivity contribution in [2.45, 2.75) is 40.2 Å². The van der Waals surface area contributed by atoms with Crippen LogP contribution < -0.4 is 4.74 Å². The highest BCUT2D eigenvalue weighted by atomic mass is 16.5. The number of Topliss-reactive ketones (excluding diaryl/α,β-unsaturated/α-hetero) is 1. The SMILES string of the molecule is COc1ccc(C2=N[C@@H](CC(=O)C(C)(C)C)c3nnc(C)n3-c3ccccc32)cc1. The molecule has 0 radical (unpaired) electrons. The van der Waals surface area contributed by atoms with Crippen molar-refractivity contribution >= 4 is 11.5 Å². The Labute approximate surface area is 176 Å². The van der Waals surface area contributed by atoms with Crippen LogP contribution in [0.3, 0.4) is 0 Å². The predicted octanol–water partition coefficient (Wildman–Crippen LogP) is 4.48. The molecule has 0 saturated carbocycles. The van der Waals surface area contributed by atoms with Crippen LogP contribution in [0.5, 0.6) is 5.75 Å². The lowest BCUT2D eigenvalue weighted by molar-refractivity contribution is -0.126. The van der Waals surface area contributed by atoms with Gasteiger partial charge in [0.15, 0.2) is 5.82 Å². The molecule has 0 unspecified atom stereocenters. The molecule has 6 nitrogen and oxygen atoms in total. The summed E-state index contributed by atoms with van der Waals surface area (Å²) in [7, 11) is 1.65. The smallest absolute Gasteiger partial charge is 0.162 e. The number of hydrogen-bond donors (Lipinski definition) is 0. The Morgan fingerprint density at radius 2 is 1.77 bits per heavy atom. The third-order valence-corrected chi connectivity index (χ3v) is 5.41. The first-order chi connectivity index (χ1) is 14.3. The third kappa shape index (κ3) is 3.54. The van der Waals surface area contributed by atoms with Crippen molar-refractivity contribution in [2.24, 2.45) is 10.4 Å². The summed E-state index contributed by atoms with van der Waals surface area (Å²) >= 11 is 0. The molecular formula is C24H26N4O2. The van der Waals surface area contributed by atoms with Crippen LogP contribution in [0.15, 0.2) is 53.5 Å². The molecular weight excluding hydrogens is 376 g/mol. The van der Waals surface area contributed by atoms with Gasteiger partial charge in [0.25, 0.3) is 0 Å². The van der Waals surface area contributed by atoms with E-state index in [2.05, 4.69) is 16.3 Å². The lowest BCUT2D eigenvalue weighted by Crippen LogP contribution is -2.23. The van der Waals surface area contributed by atoms with Crippen LogP contribution in [0.4, 0.5) is 0 Å². The van der Waals surface area contributed by atoms with Crippen molar-refractivity contribution in [1.82, 2.24) is 14.8 Å². The summed E-state index contributed by atoms with van der Waals surface area (Å²) in [5, 5.41) is 8.72. The van der Waals surface area contributed by atoms with Gasteiger partial charge in [-0.25, -0.2) is 0 Å². The third-order valence-electron chi connectivity index (χ3n) is 5.41. The number of methoxy groups -OCH3 is 1. The summed E-state index contributed by atoms with van der Waals surface area (Å²) in [6.07, 6.45) is 0.273. The number of ether oxygens (including phenoxy) is 1. The first-order valence-electron chi connectivity index (χ1n) is 10.1. The van der Waals surface area contributed by atoms with Gasteiger partial charge in [0.05, 0.1) is 18.5 Å². The molecule has 154 valence electrons. The minimum Gasteiger partial charge on any atom is -0.497 e. The zero-order valence-electron chi connectivity index (χ0n) is 18.0. The van der Waals surface area contributed by atoms with Crippen LogP contribution in [0.1, 0.15) is 56.0 Å². The van der Waals surface area contributed by atoms with Gasteiger partial charge in [-0.05, 0) is 37.3 Å². The Morgan fingerprint density at radius 1 is 1.07 bits per heavy atom. The van der Waals surface area contributed by atoms with Gasteiger partial charge in [0.2, 0.25) is 0 Å². The highest BCUT2D eigenvalue weighted by Gasteiger charge is 2.32. The Kier molecular flexibility index (Phi) is 5.02. The summed E-state index contributed by atoms with van der Waals surface area (Å²) in [5.74, 6) is 2.40. The molecule has 1 atom stereocenters. The molecule has 0 N–H and O–H groups in total. The first-order valence-corrected chi connectivity index (χ1v) is 10.1. The average Bonchev–Trinajstić information content (AvgIpc) is 3.05. The fourth-order valence-corrected chi connectivity index (χ4v) is 3.64. The number of para-hydroxylation sites is 1. The maximum Gasteiger partial charge on any atom is 0.162 e. The second-order valence-corrected chi connectivity index (χ2v) is 8.56. The zero-order valence-corrected chi connectivity index (χ0v) is 18.0. The molecule has 4 rings (SSSR count). The first kappa shape index (κ1) is 20.0. The van der Waals surface area contributed by atoms with E-state index in [9.17, 15) is 4.79 Å². The van der Waals surface area contributed by atoms with Gasteiger partial charge in [0.1, 0.15) is 23.4 Å². The summed E-state index contributed by atoms with van der Waals surface area (Å²) in [4.78, 5) is 18.0. The van der Waals surface area contributed by atoms with E-state index >= 15 is 0 Å². The standard InChI is InChI=1S/C24H26N4O2/c1-15-26-27-23-19(14-21(29)24(2,3)4)25-22(16-10-12-17(30-5)13-11-16)18-8-6-7-9-20(18)28(15)23/h6-13,19H,14H2,1-5H3/t19-/m0/s1. The molecule has 0 aliphatic carbocycles. The lowest BCUT2D eigenvalue weighted by atomic mass is 9.87.